The molecule has 98 valence electrons. The fraction of sp³-hybridized carbons (Fsp3) is 0.357. The first kappa shape index (κ1) is 14.4. The van der Waals surface area contributed by atoms with Gasteiger partial charge in [0.05, 0.1) is 6.17 Å². The Bertz CT molecular complexity index is 387. The van der Waals surface area contributed by atoms with Crippen LogP contribution in [0.5, 0.6) is 0 Å². The van der Waals surface area contributed by atoms with E-state index in [1.807, 2.05) is 13.8 Å². The van der Waals surface area contributed by atoms with E-state index in [1.54, 1.807) is 24.5 Å². The number of benzene rings is 1. The summed E-state index contributed by atoms with van der Waals surface area (Å²) in [5.74, 6) is -0.215. The van der Waals surface area contributed by atoms with E-state index < -0.39 is 0 Å². The molecule has 1 rings (SSSR count). The van der Waals surface area contributed by atoms with Gasteiger partial charge in [0.15, 0.2) is 0 Å². The summed E-state index contributed by atoms with van der Waals surface area (Å²) in [7, 11) is 0. The van der Waals surface area contributed by atoms with E-state index in [2.05, 4.69) is 22.2 Å². The van der Waals surface area contributed by atoms with Crippen molar-refractivity contribution in [1.29, 1.82) is 0 Å². The highest BCUT2D eigenvalue weighted by Crippen LogP contribution is 2.13. The van der Waals surface area contributed by atoms with Gasteiger partial charge in [0.1, 0.15) is 5.82 Å². The van der Waals surface area contributed by atoms with Crippen molar-refractivity contribution in [2.45, 2.75) is 26.1 Å². The van der Waals surface area contributed by atoms with Crippen LogP contribution < -0.4 is 10.6 Å². The standard InChI is InChI=1S/C14H20FN3/c1-4-16-9-10-17-12(3)18-11(2)13-5-7-14(15)8-6-13/h4-8,10-12,16,18H,1,9H2,2-3H3/b17-10-. The van der Waals surface area contributed by atoms with E-state index >= 15 is 0 Å². The average Bonchev–Trinajstić information content (AvgIpc) is 2.35. The van der Waals surface area contributed by atoms with Gasteiger partial charge in [0, 0.05) is 18.8 Å². The van der Waals surface area contributed by atoms with E-state index in [-0.39, 0.29) is 18.0 Å². The Balaban J connectivity index is 2.43. The van der Waals surface area contributed by atoms with Crippen LogP contribution >= 0.6 is 0 Å². The van der Waals surface area contributed by atoms with Gasteiger partial charge in [-0.15, -0.1) is 0 Å². The van der Waals surface area contributed by atoms with Gasteiger partial charge < -0.3 is 5.32 Å². The van der Waals surface area contributed by atoms with Crippen molar-refractivity contribution in [2.24, 2.45) is 4.99 Å². The summed E-state index contributed by atoms with van der Waals surface area (Å²) in [4.78, 5) is 4.32. The van der Waals surface area contributed by atoms with Crippen LogP contribution in [0.15, 0.2) is 42.0 Å². The minimum absolute atomic E-state index is 0.0108. The van der Waals surface area contributed by atoms with Gasteiger partial charge in [-0.05, 0) is 37.7 Å². The molecular formula is C14H20FN3. The Kier molecular flexibility index (Phi) is 6.08. The van der Waals surface area contributed by atoms with Crippen LogP contribution in [0, 0.1) is 5.82 Å². The molecule has 2 unspecified atom stereocenters. The molecule has 0 amide bonds. The molecule has 0 heterocycles. The van der Waals surface area contributed by atoms with E-state index in [4.69, 9.17) is 0 Å². The number of nitrogens with zero attached hydrogens (tertiary/aromatic N) is 1. The van der Waals surface area contributed by atoms with Crippen molar-refractivity contribution < 1.29 is 4.39 Å². The summed E-state index contributed by atoms with van der Waals surface area (Å²) in [5.41, 5.74) is 1.04. The molecule has 0 bridgehead atoms. The van der Waals surface area contributed by atoms with Gasteiger partial charge in [-0.25, -0.2) is 4.39 Å². The molecule has 3 nitrogen and oxygen atoms in total. The molecule has 0 aliphatic rings. The highest BCUT2D eigenvalue weighted by Gasteiger charge is 2.07. The van der Waals surface area contributed by atoms with Gasteiger partial charge in [-0.2, -0.15) is 0 Å². The summed E-state index contributed by atoms with van der Waals surface area (Å²) in [6.07, 6.45) is 3.44. The van der Waals surface area contributed by atoms with Crippen LogP contribution in [0.25, 0.3) is 0 Å². The summed E-state index contributed by atoms with van der Waals surface area (Å²) >= 11 is 0. The minimum Gasteiger partial charge on any atom is -0.386 e. The van der Waals surface area contributed by atoms with E-state index in [9.17, 15) is 4.39 Å². The number of hydrogen-bond donors (Lipinski definition) is 2. The Hall–Kier alpha value is -1.68. The summed E-state index contributed by atoms with van der Waals surface area (Å²) in [6, 6.07) is 6.63. The van der Waals surface area contributed by atoms with E-state index in [0.29, 0.717) is 6.54 Å². The second kappa shape index (κ2) is 7.61. The molecule has 0 saturated heterocycles. The zero-order valence-corrected chi connectivity index (χ0v) is 10.9. The third-order valence-corrected chi connectivity index (χ3v) is 2.54. The molecule has 18 heavy (non-hydrogen) atoms. The van der Waals surface area contributed by atoms with Crippen molar-refractivity contribution in [2.75, 3.05) is 6.54 Å². The van der Waals surface area contributed by atoms with Crippen LogP contribution in [0.1, 0.15) is 25.5 Å². The molecular weight excluding hydrogens is 229 g/mol. The Labute approximate surface area is 108 Å². The SMILES string of the molecule is C=CNC/C=N\C(C)NC(C)c1ccc(F)cc1. The smallest absolute Gasteiger partial charge is 0.123 e. The maximum absolute atomic E-state index is 12.8. The number of hydrogen-bond acceptors (Lipinski definition) is 3. The molecule has 0 radical (unpaired) electrons. The molecule has 2 N–H and O–H groups in total. The van der Waals surface area contributed by atoms with E-state index in [1.165, 1.54) is 12.1 Å². The van der Waals surface area contributed by atoms with Crippen LogP contribution in [-0.2, 0) is 0 Å². The maximum Gasteiger partial charge on any atom is 0.123 e. The Morgan fingerprint density at radius 2 is 2.00 bits per heavy atom. The van der Waals surface area contributed by atoms with Crippen LogP contribution in [0.4, 0.5) is 4.39 Å². The normalized spacial score (nSPS) is 14.4. The lowest BCUT2D eigenvalue weighted by Crippen LogP contribution is -2.27. The molecule has 0 spiro atoms. The third kappa shape index (κ3) is 5.10. The third-order valence-electron chi connectivity index (χ3n) is 2.54. The maximum atomic E-state index is 12.8. The molecule has 0 aliphatic heterocycles. The number of nitrogens with one attached hydrogen (secondary N) is 2. The fourth-order valence-electron chi connectivity index (χ4n) is 1.60. The molecule has 1 aromatic carbocycles. The first-order chi connectivity index (χ1) is 8.63. The summed E-state index contributed by atoms with van der Waals surface area (Å²) < 4.78 is 12.8. The lowest BCUT2D eigenvalue weighted by atomic mass is 10.1. The molecule has 0 aliphatic carbocycles. The van der Waals surface area contributed by atoms with Gasteiger partial charge in [0.25, 0.3) is 0 Å². The fourth-order valence-corrected chi connectivity index (χ4v) is 1.60. The number of rotatable bonds is 7. The average molecular weight is 249 g/mol. The largest absolute Gasteiger partial charge is 0.386 e. The summed E-state index contributed by atoms with van der Waals surface area (Å²) in [6.45, 7) is 8.23. The predicted octanol–water partition coefficient (Wildman–Crippen LogP) is 2.63. The minimum atomic E-state index is -0.215. The quantitative estimate of drug-likeness (QED) is 0.575. The molecule has 0 saturated carbocycles. The van der Waals surface area contributed by atoms with Crippen molar-refractivity contribution >= 4 is 6.21 Å². The zero-order chi connectivity index (χ0) is 13.4. The summed E-state index contributed by atoms with van der Waals surface area (Å²) in [5, 5.41) is 6.26. The topological polar surface area (TPSA) is 36.4 Å². The second-order valence-electron chi connectivity index (χ2n) is 4.06. The highest BCUT2D eigenvalue weighted by molar-refractivity contribution is 5.59. The molecule has 1 aromatic rings. The lowest BCUT2D eigenvalue weighted by molar-refractivity contribution is 0.493. The van der Waals surface area contributed by atoms with Gasteiger partial charge in [0.2, 0.25) is 0 Å². The first-order valence-electron chi connectivity index (χ1n) is 6.01. The monoisotopic (exact) mass is 249 g/mol. The van der Waals surface area contributed by atoms with Crippen molar-refractivity contribution in [3.05, 3.63) is 48.4 Å². The van der Waals surface area contributed by atoms with Crippen molar-refractivity contribution in [1.82, 2.24) is 10.6 Å². The Morgan fingerprint density at radius 1 is 1.33 bits per heavy atom. The van der Waals surface area contributed by atoms with Gasteiger partial charge in [-0.1, -0.05) is 18.7 Å². The first-order valence-corrected chi connectivity index (χ1v) is 6.01. The van der Waals surface area contributed by atoms with Crippen LogP contribution in [-0.4, -0.2) is 18.9 Å². The lowest BCUT2D eigenvalue weighted by Gasteiger charge is -2.17. The molecule has 0 aromatic heterocycles. The van der Waals surface area contributed by atoms with Gasteiger partial charge >= 0.3 is 0 Å². The van der Waals surface area contributed by atoms with Gasteiger partial charge in [-0.3, -0.25) is 10.3 Å². The Morgan fingerprint density at radius 3 is 2.61 bits per heavy atom. The van der Waals surface area contributed by atoms with Crippen molar-refractivity contribution in [3.8, 4) is 0 Å². The van der Waals surface area contributed by atoms with Crippen molar-refractivity contribution in [3.63, 3.8) is 0 Å². The highest BCUT2D eigenvalue weighted by atomic mass is 19.1. The second-order valence-corrected chi connectivity index (χ2v) is 4.06. The predicted molar refractivity (Wildman–Crippen MR) is 74.1 cm³/mol. The number of halogens is 1. The molecule has 4 heteroatoms. The van der Waals surface area contributed by atoms with Crippen LogP contribution in [0.2, 0.25) is 0 Å². The zero-order valence-electron chi connectivity index (χ0n) is 10.9. The molecule has 0 fully saturated rings. The van der Waals surface area contributed by atoms with Crippen LogP contribution in [0.3, 0.4) is 0 Å². The van der Waals surface area contributed by atoms with E-state index in [0.717, 1.165) is 5.56 Å². The number of aliphatic imine (C=N–C) groups is 1. The molecule has 2 atom stereocenters.